The summed E-state index contributed by atoms with van der Waals surface area (Å²) in [5.74, 6) is 1.32. The molecule has 1 unspecified atom stereocenters. The molecule has 0 aliphatic rings. The molecule has 0 aliphatic heterocycles. The van der Waals surface area contributed by atoms with Crippen LogP contribution in [0.4, 0.5) is 17.6 Å². The molecule has 0 aromatic carbocycles. The van der Waals surface area contributed by atoms with Crippen molar-refractivity contribution in [3.05, 3.63) is 6.07 Å². The van der Waals surface area contributed by atoms with Gasteiger partial charge in [-0.15, -0.1) is 0 Å². The molecule has 1 atom stereocenters. The maximum absolute atomic E-state index is 9.20. The van der Waals surface area contributed by atoms with Crippen molar-refractivity contribution < 1.29 is 10.2 Å². The van der Waals surface area contributed by atoms with Crippen molar-refractivity contribution in [2.75, 3.05) is 36.1 Å². The molecule has 1 rings (SSSR count). The first-order valence-electron chi connectivity index (χ1n) is 5.57. The number of nitrogens with one attached hydrogen (secondary N) is 2. The van der Waals surface area contributed by atoms with Crippen LogP contribution in [0.1, 0.15) is 13.3 Å². The molecular formula is C10H19N5O2. The Balaban J connectivity index is 2.61. The highest BCUT2D eigenvalue weighted by atomic mass is 16.3. The Bertz CT molecular complexity index is 347. The number of nitrogen functional groups attached to an aromatic ring is 1. The first kappa shape index (κ1) is 13.5. The second-order valence-corrected chi connectivity index (χ2v) is 3.64. The second kappa shape index (κ2) is 6.87. The van der Waals surface area contributed by atoms with Crippen LogP contribution in [-0.2, 0) is 0 Å². The van der Waals surface area contributed by atoms with Crippen molar-refractivity contribution in [2.45, 2.75) is 19.4 Å². The van der Waals surface area contributed by atoms with Crippen LogP contribution in [0.5, 0.6) is 0 Å². The largest absolute Gasteiger partial charge is 0.394 e. The van der Waals surface area contributed by atoms with Crippen molar-refractivity contribution in [3.63, 3.8) is 0 Å². The molecule has 6 N–H and O–H groups in total. The van der Waals surface area contributed by atoms with Gasteiger partial charge in [-0.05, 0) is 6.42 Å². The van der Waals surface area contributed by atoms with Crippen molar-refractivity contribution in [1.29, 1.82) is 0 Å². The third-order valence-electron chi connectivity index (χ3n) is 2.03. The summed E-state index contributed by atoms with van der Waals surface area (Å²) in [6, 6.07) is 1.70. The minimum atomic E-state index is -0.821. The van der Waals surface area contributed by atoms with Gasteiger partial charge in [0, 0.05) is 19.2 Å². The maximum atomic E-state index is 9.20. The van der Waals surface area contributed by atoms with Gasteiger partial charge >= 0.3 is 0 Å². The Morgan fingerprint density at radius 2 is 2.00 bits per heavy atom. The van der Waals surface area contributed by atoms with Crippen molar-refractivity contribution >= 4 is 17.6 Å². The Hall–Kier alpha value is -1.60. The summed E-state index contributed by atoms with van der Waals surface area (Å²) < 4.78 is 0. The molecular weight excluding hydrogens is 222 g/mol. The van der Waals surface area contributed by atoms with E-state index in [4.69, 9.17) is 10.8 Å². The number of anilines is 3. The summed E-state index contributed by atoms with van der Waals surface area (Å²) in [4.78, 5) is 7.99. The zero-order valence-corrected chi connectivity index (χ0v) is 9.85. The lowest BCUT2D eigenvalue weighted by Crippen LogP contribution is -2.23. The van der Waals surface area contributed by atoms with Gasteiger partial charge in [-0.25, -0.2) is 0 Å². The minimum absolute atomic E-state index is 0.159. The van der Waals surface area contributed by atoms with Gasteiger partial charge in [0.15, 0.2) is 0 Å². The van der Waals surface area contributed by atoms with Crippen LogP contribution in [0.15, 0.2) is 6.07 Å². The van der Waals surface area contributed by atoms with Gasteiger partial charge in [0.2, 0.25) is 5.95 Å². The number of hydrogen-bond acceptors (Lipinski definition) is 7. The highest BCUT2D eigenvalue weighted by Gasteiger charge is 2.04. The summed E-state index contributed by atoms with van der Waals surface area (Å²) in [5.41, 5.74) is 5.56. The Morgan fingerprint density at radius 1 is 1.35 bits per heavy atom. The summed E-state index contributed by atoms with van der Waals surface area (Å²) in [5, 5.41) is 23.8. The average molecular weight is 241 g/mol. The first-order valence-corrected chi connectivity index (χ1v) is 5.57. The zero-order chi connectivity index (χ0) is 12.7. The molecule has 0 saturated carbocycles. The fourth-order valence-corrected chi connectivity index (χ4v) is 1.19. The highest BCUT2D eigenvalue weighted by Crippen LogP contribution is 2.12. The molecule has 1 aromatic rings. The molecule has 0 bridgehead atoms. The molecule has 0 fully saturated rings. The standard InChI is InChI=1S/C10H19N5O2/c1-2-3-12-8-4-9(15-10(11)14-8)13-5-7(17)6-16/h4,7,16-17H,2-3,5-6H2,1H3,(H4,11,12,13,14,15). The molecule has 1 heterocycles. The first-order chi connectivity index (χ1) is 8.15. The minimum Gasteiger partial charge on any atom is -0.394 e. The van der Waals surface area contributed by atoms with Crippen LogP contribution in [0.25, 0.3) is 0 Å². The smallest absolute Gasteiger partial charge is 0.223 e. The number of hydrogen-bond donors (Lipinski definition) is 5. The fraction of sp³-hybridized carbons (Fsp3) is 0.600. The number of aromatic nitrogens is 2. The molecule has 7 heteroatoms. The molecule has 0 saturated heterocycles. The SMILES string of the molecule is CCCNc1cc(NCC(O)CO)nc(N)n1. The fourth-order valence-electron chi connectivity index (χ4n) is 1.19. The number of nitrogens with zero attached hydrogens (tertiary/aromatic N) is 2. The Labute approximate surface area is 100 Å². The topological polar surface area (TPSA) is 116 Å². The third-order valence-corrected chi connectivity index (χ3v) is 2.03. The molecule has 17 heavy (non-hydrogen) atoms. The van der Waals surface area contributed by atoms with Gasteiger partial charge in [0.1, 0.15) is 11.6 Å². The quantitative estimate of drug-likeness (QED) is 0.443. The van der Waals surface area contributed by atoms with E-state index < -0.39 is 6.10 Å². The molecule has 0 radical (unpaired) electrons. The normalized spacial score (nSPS) is 12.2. The van der Waals surface area contributed by atoms with Gasteiger partial charge < -0.3 is 26.6 Å². The van der Waals surface area contributed by atoms with E-state index in [9.17, 15) is 5.11 Å². The lowest BCUT2D eigenvalue weighted by atomic mass is 10.3. The van der Waals surface area contributed by atoms with E-state index in [1.165, 1.54) is 0 Å². The summed E-state index contributed by atoms with van der Waals surface area (Å²) in [6.45, 7) is 2.76. The van der Waals surface area contributed by atoms with Gasteiger partial charge in [0.05, 0.1) is 12.7 Å². The van der Waals surface area contributed by atoms with Crippen LogP contribution in [0.3, 0.4) is 0 Å². The van der Waals surface area contributed by atoms with Crippen LogP contribution in [0.2, 0.25) is 0 Å². The monoisotopic (exact) mass is 241 g/mol. The number of rotatable bonds is 7. The summed E-state index contributed by atoms with van der Waals surface area (Å²) >= 11 is 0. The molecule has 0 amide bonds. The zero-order valence-electron chi connectivity index (χ0n) is 9.85. The van der Waals surface area contributed by atoms with E-state index in [1.807, 2.05) is 6.92 Å². The van der Waals surface area contributed by atoms with Crippen molar-refractivity contribution in [2.24, 2.45) is 0 Å². The van der Waals surface area contributed by atoms with Gasteiger partial charge in [-0.3, -0.25) is 0 Å². The van der Waals surface area contributed by atoms with Crippen molar-refractivity contribution in [1.82, 2.24) is 9.97 Å². The van der Waals surface area contributed by atoms with E-state index in [1.54, 1.807) is 6.07 Å². The van der Waals surface area contributed by atoms with E-state index in [2.05, 4.69) is 20.6 Å². The van der Waals surface area contributed by atoms with Crippen LogP contribution in [-0.4, -0.2) is 46.0 Å². The molecule has 1 aromatic heterocycles. The summed E-state index contributed by atoms with van der Waals surface area (Å²) in [6.07, 6.45) is 0.161. The third kappa shape index (κ3) is 4.83. The molecule has 0 aliphatic carbocycles. The number of nitrogens with two attached hydrogens (primary N) is 1. The lowest BCUT2D eigenvalue weighted by Gasteiger charge is -2.11. The average Bonchev–Trinajstić information content (AvgIpc) is 2.32. The van der Waals surface area contributed by atoms with Crippen molar-refractivity contribution in [3.8, 4) is 0 Å². The van der Waals surface area contributed by atoms with Gasteiger partial charge in [-0.2, -0.15) is 9.97 Å². The van der Waals surface area contributed by atoms with Gasteiger partial charge in [0.25, 0.3) is 0 Å². The van der Waals surface area contributed by atoms with Crippen LogP contribution in [0, 0.1) is 0 Å². The van der Waals surface area contributed by atoms with Crippen LogP contribution < -0.4 is 16.4 Å². The molecule has 96 valence electrons. The predicted molar refractivity (Wildman–Crippen MR) is 66.8 cm³/mol. The lowest BCUT2D eigenvalue weighted by molar-refractivity contribution is 0.105. The van der Waals surface area contributed by atoms with E-state index in [0.717, 1.165) is 13.0 Å². The molecule has 0 spiro atoms. The van der Waals surface area contributed by atoms with E-state index in [-0.39, 0.29) is 19.1 Å². The van der Waals surface area contributed by atoms with Crippen LogP contribution >= 0.6 is 0 Å². The van der Waals surface area contributed by atoms with E-state index in [0.29, 0.717) is 11.6 Å². The highest BCUT2D eigenvalue weighted by molar-refractivity contribution is 5.50. The number of aliphatic hydroxyl groups is 2. The van der Waals surface area contributed by atoms with E-state index >= 15 is 0 Å². The Morgan fingerprint density at radius 3 is 2.59 bits per heavy atom. The maximum Gasteiger partial charge on any atom is 0.223 e. The summed E-state index contributed by atoms with van der Waals surface area (Å²) in [7, 11) is 0. The van der Waals surface area contributed by atoms with Gasteiger partial charge in [-0.1, -0.05) is 6.92 Å². The molecule has 7 nitrogen and oxygen atoms in total. The number of aliphatic hydroxyl groups excluding tert-OH is 2. The second-order valence-electron chi connectivity index (χ2n) is 3.64. The Kier molecular flexibility index (Phi) is 5.44. The predicted octanol–water partition coefficient (Wildman–Crippen LogP) is -0.354.